The Morgan fingerprint density at radius 1 is 1.28 bits per heavy atom. The van der Waals surface area contributed by atoms with Gasteiger partial charge in [-0.25, -0.2) is 0 Å². The van der Waals surface area contributed by atoms with E-state index < -0.39 is 5.92 Å². The average molecular weight is 404 g/mol. The van der Waals surface area contributed by atoms with Crippen LogP contribution in [0, 0.1) is 18.3 Å². The lowest BCUT2D eigenvalue weighted by Gasteiger charge is -2.32. The highest BCUT2D eigenvalue weighted by molar-refractivity contribution is 8.03. The van der Waals surface area contributed by atoms with E-state index in [9.17, 15) is 14.9 Å². The minimum Gasteiger partial charge on any atom is -0.468 e. The average Bonchev–Trinajstić information content (AvgIpc) is 3.26. The zero-order valence-electron chi connectivity index (χ0n) is 16.0. The lowest BCUT2D eigenvalue weighted by atomic mass is 9.79. The van der Waals surface area contributed by atoms with Crippen LogP contribution in [0.25, 0.3) is 0 Å². The standard InChI is InChI=1S/C23H20N2O3S/c1-14-7-9-15(10-8-14)19(27)13-29-23-16(12-24)21(20-6-3-11-28-20)22-17(25-23)4-2-5-18(22)26/h3,6-11,21,25H,2,4-5,13H2,1H3/t21-/m1/s1. The summed E-state index contributed by atoms with van der Waals surface area (Å²) in [4.78, 5) is 25.2. The first-order valence-corrected chi connectivity index (χ1v) is 10.5. The third-order valence-corrected chi connectivity index (χ3v) is 6.23. The summed E-state index contributed by atoms with van der Waals surface area (Å²) in [5.41, 5.74) is 3.63. The number of carbonyl (C=O) groups excluding carboxylic acids is 2. The topological polar surface area (TPSA) is 83.1 Å². The Kier molecular flexibility index (Phi) is 5.41. The molecule has 0 saturated heterocycles. The van der Waals surface area contributed by atoms with Gasteiger partial charge in [-0.15, -0.1) is 0 Å². The van der Waals surface area contributed by atoms with Crippen molar-refractivity contribution in [2.45, 2.75) is 32.1 Å². The van der Waals surface area contributed by atoms with Crippen molar-refractivity contribution in [3.8, 4) is 6.07 Å². The van der Waals surface area contributed by atoms with E-state index in [1.807, 2.05) is 31.2 Å². The zero-order chi connectivity index (χ0) is 20.4. The monoisotopic (exact) mass is 404 g/mol. The second-order valence-corrected chi connectivity index (χ2v) is 8.16. The molecule has 0 saturated carbocycles. The molecule has 5 nitrogen and oxygen atoms in total. The van der Waals surface area contributed by atoms with Gasteiger partial charge in [0.15, 0.2) is 11.6 Å². The number of furan rings is 1. The lowest BCUT2D eigenvalue weighted by molar-refractivity contribution is -0.116. The van der Waals surface area contributed by atoms with Crippen LogP contribution in [-0.2, 0) is 4.79 Å². The van der Waals surface area contributed by atoms with Crippen LogP contribution in [0.1, 0.15) is 46.9 Å². The molecule has 2 heterocycles. The number of allylic oxidation sites excluding steroid dienone is 3. The maximum atomic E-state index is 12.6. The number of dihydropyridines is 1. The number of nitrogens with zero attached hydrogens (tertiary/aromatic N) is 1. The fraction of sp³-hybridized carbons (Fsp3) is 0.261. The highest BCUT2D eigenvalue weighted by atomic mass is 32.2. The van der Waals surface area contributed by atoms with E-state index in [0.717, 1.165) is 24.1 Å². The lowest BCUT2D eigenvalue weighted by Crippen LogP contribution is -2.31. The molecule has 1 atom stereocenters. The van der Waals surface area contributed by atoms with Crippen LogP contribution < -0.4 is 5.32 Å². The van der Waals surface area contributed by atoms with Crippen molar-refractivity contribution in [1.29, 1.82) is 5.26 Å². The maximum Gasteiger partial charge on any atom is 0.173 e. The van der Waals surface area contributed by atoms with Gasteiger partial charge in [-0.3, -0.25) is 9.59 Å². The van der Waals surface area contributed by atoms with E-state index in [0.29, 0.717) is 33.9 Å². The molecule has 0 amide bonds. The molecule has 4 rings (SSSR count). The Hall–Kier alpha value is -3.04. The molecule has 2 aromatic rings. The normalized spacial score (nSPS) is 18.9. The van der Waals surface area contributed by atoms with Crippen molar-refractivity contribution in [2.24, 2.45) is 0 Å². The molecule has 0 bridgehead atoms. The predicted molar refractivity (Wildman–Crippen MR) is 111 cm³/mol. The van der Waals surface area contributed by atoms with Crippen molar-refractivity contribution in [3.63, 3.8) is 0 Å². The van der Waals surface area contributed by atoms with Gasteiger partial charge in [0, 0.05) is 23.3 Å². The summed E-state index contributed by atoms with van der Waals surface area (Å²) in [6.45, 7) is 1.98. The van der Waals surface area contributed by atoms with E-state index in [1.54, 1.807) is 18.4 Å². The molecule has 1 aromatic heterocycles. The molecule has 1 aliphatic heterocycles. The minimum atomic E-state index is -0.518. The molecular weight excluding hydrogens is 384 g/mol. The summed E-state index contributed by atoms with van der Waals surface area (Å²) in [6.07, 6.45) is 3.54. The number of carbonyl (C=O) groups is 2. The third-order valence-electron chi connectivity index (χ3n) is 5.21. The van der Waals surface area contributed by atoms with Crippen LogP contribution in [0.4, 0.5) is 0 Å². The van der Waals surface area contributed by atoms with Gasteiger partial charge < -0.3 is 9.73 Å². The van der Waals surface area contributed by atoms with Gasteiger partial charge in [0.05, 0.1) is 34.6 Å². The first kappa shape index (κ1) is 19.3. The molecule has 0 unspecified atom stereocenters. The number of benzene rings is 1. The predicted octanol–water partition coefficient (Wildman–Crippen LogP) is 4.63. The summed E-state index contributed by atoms with van der Waals surface area (Å²) >= 11 is 1.30. The molecule has 2 aliphatic rings. The third kappa shape index (κ3) is 3.79. The van der Waals surface area contributed by atoms with Gasteiger partial charge in [0.1, 0.15) is 5.76 Å². The fourth-order valence-electron chi connectivity index (χ4n) is 3.74. The molecule has 1 N–H and O–H groups in total. The number of Topliss-reactive ketones (excluding diaryl/α,β-unsaturated/α-hetero) is 2. The van der Waals surface area contributed by atoms with Crippen LogP contribution in [0.5, 0.6) is 0 Å². The molecule has 6 heteroatoms. The van der Waals surface area contributed by atoms with E-state index in [-0.39, 0.29) is 17.3 Å². The minimum absolute atomic E-state index is 0.00404. The largest absolute Gasteiger partial charge is 0.468 e. The van der Waals surface area contributed by atoms with E-state index in [1.165, 1.54) is 11.8 Å². The molecule has 1 aliphatic carbocycles. The van der Waals surface area contributed by atoms with Crippen molar-refractivity contribution in [2.75, 3.05) is 5.75 Å². The number of thioether (sulfide) groups is 1. The Labute approximate surface area is 173 Å². The first-order chi connectivity index (χ1) is 14.1. The van der Waals surface area contributed by atoms with Crippen molar-refractivity contribution in [1.82, 2.24) is 5.32 Å². The Balaban J connectivity index is 1.64. The summed E-state index contributed by atoms with van der Waals surface area (Å²) in [5.74, 6) is 0.311. The number of nitriles is 1. The number of hydrogen-bond donors (Lipinski definition) is 1. The number of aryl methyl sites for hydroxylation is 1. The smallest absolute Gasteiger partial charge is 0.173 e. The van der Waals surface area contributed by atoms with E-state index in [4.69, 9.17) is 4.42 Å². The first-order valence-electron chi connectivity index (χ1n) is 9.52. The molecule has 29 heavy (non-hydrogen) atoms. The second kappa shape index (κ2) is 8.14. The summed E-state index contributed by atoms with van der Waals surface area (Å²) in [5, 5.41) is 13.8. The maximum absolute atomic E-state index is 12.6. The van der Waals surface area contributed by atoms with Crippen LogP contribution in [-0.4, -0.2) is 17.3 Å². The van der Waals surface area contributed by atoms with Gasteiger partial charge in [-0.2, -0.15) is 5.26 Å². The molecule has 0 radical (unpaired) electrons. The van der Waals surface area contributed by atoms with E-state index in [2.05, 4.69) is 11.4 Å². The molecule has 0 fully saturated rings. The molecule has 146 valence electrons. The highest BCUT2D eigenvalue weighted by Gasteiger charge is 2.38. The van der Waals surface area contributed by atoms with Gasteiger partial charge >= 0.3 is 0 Å². The Morgan fingerprint density at radius 3 is 2.76 bits per heavy atom. The van der Waals surface area contributed by atoms with Crippen molar-refractivity contribution >= 4 is 23.3 Å². The molecular formula is C23H20N2O3S. The van der Waals surface area contributed by atoms with Crippen molar-refractivity contribution in [3.05, 3.63) is 81.4 Å². The summed E-state index contributed by atoms with van der Waals surface area (Å²) in [6, 6.07) is 13.3. The molecule has 1 aromatic carbocycles. The van der Waals surface area contributed by atoms with Crippen LogP contribution >= 0.6 is 11.8 Å². The Bertz CT molecular complexity index is 1060. The SMILES string of the molecule is Cc1ccc(C(=O)CSC2=C(C#N)[C@H](c3ccco3)C3=C(CCCC3=O)N2)cc1. The summed E-state index contributed by atoms with van der Waals surface area (Å²) < 4.78 is 5.58. The highest BCUT2D eigenvalue weighted by Crippen LogP contribution is 2.44. The van der Waals surface area contributed by atoms with Gasteiger partial charge in [0.2, 0.25) is 0 Å². The second-order valence-electron chi connectivity index (χ2n) is 7.17. The van der Waals surface area contributed by atoms with Gasteiger partial charge in [-0.1, -0.05) is 41.6 Å². The van der Waals surface area contributed by atoms with Crippen molar-refractivity contribution < 1.29 is 14.0 Å². The number of ketones is 2. The van der Waals surface area contributed by atoms with Crippen LogP contribution in [0.15, 0.2) is 69.0 Å². The zero-order valence-corrected chi connectivity index (χ0v) is 16.8. The molecule has 0 spiro atoms. The van der Waals surface area contributed by atoms with Crippen LogP contribution in [0.3, 0.4) is 0 Å². The number of rotatable bonds is 5. The number of nitrogens with one attached hydrogen (secondary N) is 1. The Morgan fingerprint density at radius 2 is 2.07 bits per heavy atom. The fourth-order valence-corrected chi connectivity index (χ4v) is 4.69. The quantitative estimate of drug-likeness (QED) is 0.732. The van der Waals surface area contributed by atoms with Gasteiger partial charge in [0.25, 0.3) is 0 Å². The van der Waals surface area contributed by atoms with E-state index >= 15 is 0 Å². The van der Waals surface area contributed by atoms with Crippen LogP contribution in [0.2, 0.25) is 0 Å². The van der Waals surface area contributed by atoms with Gasteiger partial charge in [-0.05, 0) is 31.9 Å². The summed E-state index contributed by atoms with van der Waals surface area (Å²) in [7, 11) is 0. The number of hydrogen-bond acceptors (Lipinski definition) is 6.